The van der Waals surface area contributed by atoms with Gasteiger partial charge in [-0.05, 0) is 18.4 Å². The van der Waals surface area contributed by atoms with Crippen LogP contribution in [0.2, 0.25) is 0 Å². The summed E-state index contributed by atoms with van der Waals surface area (Å²) < 4.78 is 0. The lowest BCUT2D eigenvalue weighted by Crippen LogP contribution is -2.39. The van der Waals surface area contributed by atoms with Crippen LogP contribution < -0.4 is 0 Å². The van der Waals surface area contributed by atoms with Crippen molar-refractivity contribution >= 4 is 17.2 Å². The number of carbonyl (C=O) groups excluding carboxylic acids is 1. The Balaban J connectivity index is 2.53. The van der Waals surface area contributed by atoms with E-state index < -0.39 is 6.10 Å². The van der Waals surface area contributed by atoms with Gasteiger partial charge in [0.15, 0.2) is 0 Å². The van der Waals surface area contributed by atoms with Gasteiger partial charge in [-0.15, -0.1) is 11.3 Å². The van der Waals surface area contributed by atoms with E-state index in [1.54, 1.807) is 6.92 Å². The molecular weight excluding hydrogens is 226 g/mol. The van der Waals surface area contributed by atoms with E-state index in [0.29, 0.717) is 6.42 Å². The Morgan fingerprint density at radius 2 is 2.38 bits per heavy atom. The molecule has 0 saturated carbocycles. The first kappa shape index (κ1) is 13.2. The SMILES string of the molecule is CC(O)CN(CCO)C(=O)Cc1cccs1. The fourth-order valence-electron chi connectivity index (χ4n) is 1.43. The summed E-state index contributed by atoms with van der Waals surface area (Å²) >= 11 is 1.53. The van der Waals surface area contributed by atoms with Crippen LogP contribution in [0.5, 0.6) is 0 Å². The van der Waals surface area contributed by atoms with Crippen LogP contribution in [0.4, 0.5) is 0 Å². The maximum Gasteiger partial charge on any atom is 0.227 e. The molecule has 16 heavy (non-hydrogen) atoms. The van der Waals surface area contributed by atoms with Crippen LogP contribution >= 0.6 is 11.3 Å². The fraction of sp³-hybridized carbons (Fsp3) is 0.545. The predicted octanol–water partition coefficient (Wildman–Crippen LogP) is 0.492. The fourth-order valence-corrected chi connectivity index (χ4v) is 2.13. The molecule has 90 valence electrons. The van der Waals surface area contributed by atoms with Gasteiger partial charge in [-0.1, -0.05) is 6.07 Å². The van der Waals surface area contributed by atoms with Crippen molar-refractivity contribution in [1.29, 1.82) is 0 Å². The molecule has 0 spiro atoms. The Labute approximate surface area is 99.1 Å². The lowest BCUT2D eigenvalue weighted by molar-refractivity contribution is -0.132. The molecule has 0 aromatic carbocycles. The lowest BCUT2D eigenvalue weighted by Gasteiger charge is -2.22. The Kier molecular flexibility index (Phi) is 5.45. The highest BCUT2D eigenvalue weighted by molar-refractivity contribution is 7.10. The third kappa shape index (κ3) is 4.30. The highest BCUT2D eigenvalue weighted by atomic mass is 32.1. The normalized spacial score (nSPS) is 12.4. The molecule has 0 bridgehead atoms. The second kappa shape index (κ2) is 6.62. The molecule has 0 aliphatic carbocycles. The van der Waals surface area contributed by atoms with Crippen molar-refractivity contribution < 1.29 is 15.0 Å². The number of aliphatic hydroxyl groups is 2. The van der Waals surface area contributed by atoms with Gasteiger partial charge in [-0.3, -0.25) is 4.79 Å². The number of hydrogen-bond donors (Lipinski definition) is 2. The molecule has 1 aromatic heterocycles. The van der Waals surface area contributed by atoms with Crippen LogP contribution in [0.1, 0.15) is 11.8 Å². The minimum Gasteiger partial charge on any atom is -0.395 e. The van der Waals surface area contributed by atoms with Gasteiger partial charge >= 0.3 is 0 Å². The zero-order valence-corrected chi connectivity index (χ0v) is 10.1. The maximum absolute atomic E-state index is 11.8. The second-order valence-electron chi connectivity index (χ2n) is 3.67. The summed E-state index contributed by atoms with van der Waals surface area (Å²) in [7, 11) is 0. The van der Waals surface area contributed by atoms with Crippen molar-refractivity contribution in [3.8, 4) is 0 Å². The van der Waals surface area contributed by atoms with E-state index in [1.807, 2.05) is 17.5 Å². The van der Waals surface area contributed by atoms with Gasteiger partial charge in [0.2, 0.25) is 5.91 Å². The summed E-state index contributed by atoms with van der Waals surface area (Å²) in [5.74, 6) is -0.0580. The summed E-state index contributed by atoms with van der Waals surface area (Å²) in [4.78, 5) is 14.3. The maximum atomic E-state index is 11.8. The van der Waals surface area contributed by atoms with Gasteiger partial charge in [0.25, 0.3) is 0 Å². The summed E-state index contributed by atoms with van der Waals surface area (Å²) in [5, 5.41) is 20.0. The van der Waals surface area contributed by atoms with Crippen molar-refractivity contribution in [3.05, 3.63) is 22.4 Å². The first-order chi connectivity index (χ1) is 7.63. The first-order valence-electron chi connectivity index (χ1n) is 5.22. The summed E-state index contributed by atoms with van der Waals surface area (Å²) in [6, 6.07) is 3.81. The Morgan fingerprint density at radius 3 is 2.88 bits per heavy atom. The van der Waals surface area contributed by atoms with Gasteiger partial charge in [-0.25, -0.2) is 0 Å². The Hall–Kier alpha value is -0.910. The Bertz CT molecular complexity index is 311. The molecule has 0 aliphatic rings. The number of aliphatic hydroxyl groups excluding tert-OH is 2. The van der Waals surface area contributed by atoms with Crippen LogP contribution in [0, 0.1) is 0 Å². The third-order valence-electron chi connectivity index (χ3n) is 2.11. The van der Waals surface area contributed by atoms with Crippen LogP contribution in [0.3, 0.4) is 0 Å². The van der Waals surface area contributed by atoms with Crippen LogP contribution in [-0.4, -0.2) is 46.8 Å². The molecule has 1 rings (SSSR count). The summed E-state index contributed by atoms with van der Waals surface area (Å²) in [5.41, 5.74) is 0. The van der Waals surface area contributed by atoms with Gasteiger partial charge in [-0.2, -0.15) is 0 Å². The minimum absolute atomic E-state index is 0.0580. The van der Waals surface area contributed by atoms with Crippen LogP contribution in [0.15, 0.2) is 17.5 Å². The van der Waals surface area contributed by atoms with Gasteiger partial charge < -0.3 is 15.1 Å². The summed E-state index contributed by atoms with van der Waals surface area (Å²) in [6.45, 7) is 2.09. The molecule has 4 nitrogen and oxygen atoms in total. The standard InChI is InChI=1S/C11H17NO3S/c1-9(14)8-12(4-5-13)11(15)7-10-3-2-6-16-10/h2-3,6,9,13-14H,4-5,7-8H2,1H3. The molecule has 1 atom stereocenters. The van der Waals surface area contributed by atoms with Crippen LogP contribution in [-0.2, 0) is 11.2 Å². The number of hydrogen-bond acceptors (Lipinski definition) is 4. The van der Waals surface area contributed by atoms with Gasteiger partial charge in [0, 0.05) is 18.0 Å². The lowest BCUT2D eigenvalue weighted by atomic mass is 10.2. The van der Waals surface area contributed by atoms with E-state index in [9.17, 15) is 9.90 Å². The largest absolute Gasteiger partial charge is 0.395 e. The molecule has 0 aliphatic heterocycles. The third-order valence-corrected chi connectivity index (χ3v) is 2.99. The van der Waals surface area contributed by atoms with Crippen molar-refractivity contribution in [2.75, 3.05) is 19.7 Å². The molecule has 0 saturated heterocycles. The van der Waals surface area contributed by atoms with Crippen molar-refractivity contribution in [2.45, 2.75) is 19.4 Å². The van der Waals surface area contributed by atoms with E-state index in [2.05, 4.69) is 0 Å². The second-order valence-corrected chi connectivity index (χ2v) is 4.70. The van der Waals surface area contributed by atoms with E-state index in [4.69, 9.17) is 5.11 Å². The highest BCUT2D eigenvalue weighted by Crippen LogP contribution is 2.10. The van der Waals surface area contributed by atoms with E-state index in [-0.39, 0.29) is 25.6 Å². The van der Waals surface area contributed by atoms with Gasteiger partial charge in [0.1, 0.15) is 0 Å². The molecule has 5 heteroatoms. The molecular formula is C11H17NO3S. The van der Waals surface area contributed by atoms with Crippen molar-refractivity contribution in [3.63, 3.8) is 0 Å². The molecule has 1 heterocycles. The van der Waals surface area contributed by atoms with E-state index >= 15 is 0 Å². The monoisotopic (exact) mass is 243 g/mol. The molecule has 2 N–H and O–H groups in total. The number of nitrogens with zero attached hydrogens (tertiary/aromatic N) is 1. The number of thiophene rings is 1. The van der Waals surface area contributed by atoms with Gasteiger partial charge in [0.05, 0.1) is 19.1 Å². The molecule has 0 fully saturated rings. The number of rotatable bonds is 6. The quantitative estimate of drug-likeness (QED) is 0.764. The zero-order valence-electron chi connectivity index (χ0n) is 9.30. The molecule has 1 aromatic rings. The topological polar surface area (TPSA) is 60.8 Å². The van der Waals surface area contributed by atoms with E-state index in [1.165, 1.54) is 16.2 Å². The number of amides is 1. The smallest absolute Gasteiger partial charge is 0.227 e. The van der Waals surface area contributed by atoms with Crippen molar-refractivity contribution in [1.82, 2.24) is 4.90 Å². The average molecular weight is 243 g/mol. The molecule has 1 amide bonds. The first-order valence-corrected chi connectivity index (χ1v) is 6.10. The minimum atomic E-state index is -0.571. The van der Waals surface area contributed by atoms with Crippen molar-refractivity contribution in [2.24, 2.45) is 0 Å². The average Bonchev–Trinajstić information content (AvgIpc) is 2.69. The predicted molar refractivity (Wildman–Crippen MR) is 63.4 cm³/mol. The molecule has 1 unspecified atom stereocenters. The molecule has 0 radical (unpaired) electrons. The van der Waals surface area contributed by atoms with E-state index in [0.717, 1.165) is 4.88 Å². The zero-order chi connectivity index (χ0) is 12.0. The summed E-state index contributed by atoms with van der Waals surface area (Å²) in [6.07, 6.45) is -0.233. The van der Waals surface area contributed by atoms with Crippen LogP contribution in [0.25, 0.3) is 0 Å². The Morgan fingerprint density at radius 1 is 1.62 bits per heavy atom. The highest BCUT2D eigenvalue weighted by Gasteiger charge is 2.15. The number of carbonyl (C=O) groups is 1.